The third-order valence-electron chi connectivity index (χ3n) is 5.35. The van der Waals surface area contributed by atoms with Crippen LogP contribution in [-0.2, 0) is 11.2 Å². The van der Waals surface area contributed by atoms with Crippen LogP contribution in [0.3, 0.4) is 0 Å². The van der Waals surface area contributed by atoms with Gasteiger partial charge in [-0.1, -0.05) is 41.6 Å². The molecule has 0 saturated carbocycles. The number of fused-ring (bicyclic) bond motifs is 2. The smallest absolute Gasteiger partial charge is 0.226 e. The van der Waals surface area contributed by atoms with Gasteiger partial charge in [0.15, 0.2) is 0 Å². The first kappa shape index (κ1) is 19.9. The third-order valence-corrected chi connectivity index (χ3v) is 5.35. The van der Waals surface area contributed by atoms with Gasteiger partial charge in [-0.15, -0.1) is 0 Å². The lowest BCUT2D eigenvalue weighted by Crippen LogP contribution is -2.31. The summed E-state index contributed by atoms with van der Waals surface area (Å²) in [6.07, 6.45) is 1.35. The van der Waals surface area contributed by atoms with Gasteiger partial charge in [0.05, 0.1) is 6.04 Å². The third kappa shape index (κ3) is 4.09. The molecule has 0 aliphatic carbocycles. The van der Waals surface area contributed by atoms with Crippen molar-refractivity contribution in [3.8, 4) is 22.9 Å². The van der Waals surface area contributed by atoms with E-state index in [0.717, 1.165) is 22.6 Å². The van der Waals surface area contributed by atoms with Crippen molar-refractivity contribution in [1.29, 1.82) is 0 Å². The number of halogens is 1. The minimum atomic E-state index is -0.321. The van der Waals surface area contributed by atoms with E-state index in [0.29, 0.717) is 36.5 Å². The van der Waals surface area contributed by atoms with Crippen LogP contribution in [-0.4, -0.2) is 16.0 Å². The van der Waals surface area contributed by atoms with E-state index >= 15 is 0 Å². The molecule has 1 aliphatic rings. The molecule has 0 bridgehead atoms. The van der Waals surface area contributed by atoms with E-state index in [1.165, 1.54) is 12.1 Å². The molecule has 160 valence electrons. The summed E-state index contributed by atoms with van der Waals surface area (Å²) in [6.45, 7) is 0. The van der Waals surface area contributed by atoms with E-state index in [1.54, 1.807) is 12.1 Å². The van der Waals surface area contributed by atoms with Crippen LogP contribution in [0.5, 0.6) is 11.5 Å². The van der Waals surface area contributed by atoms with Crippen LogP contribution in [0.15, 0.2) is 77.3 Å². The maximum Gasteiger partial charge on any atom is 0.226 e. The van der Waals surface area contributed by atoms with Crippen LogP contribution in [0.2, 0.25) is 0 Å². The summed E-state index contributed by atoms with van der Waals surface area (Å²) in [5, 5.41) is 7.07. The summed E-state index contributed by atoms with van der Waals surface area (Å²) >= 11 is 0. The Morgan fingerprint density at radius 1 is 0.938 bits per heavy atom. The van der Waals surface area contributed by atoms with E-state index in [4.69, 9.17) is 9.26 Å². The predicted molar refractivity (Wildman–Crippen MR) is 116 cm³/mol. The van der Waals surface area contributed by atoms with Gasteiger partial charge in [0.25, 0.3) is 0 Å². The van der Waals surface area contributed by atoms with Gasteiger partial charge in [0, 0.05) is 29.5 Å². The number of hydrogen-bond donors (Lipinski definition) is 1. The van der Waals surface area contributed by atoms with Gasteiger partial charge < -0.3 is 14.6 Å². The second kappa shape index (κ2) is 8.63. The average Bonchev–Trinajstić information content (AvgIpc) is 3.28. The molecule has 32 heavy (non-hydrogen) atoms. The Bertz CT molecular complexity index is 1210. The molecular weight excluding hydrogens is 409 g/mol. The molecule has 0 fully saturated rings. The topological polar surface area (TPSA) is 77.2 Å². The molecule has 6 nitrogen and oxygen atoms in total. The molecule has 5 rings (SSSR count). The first-order valence-electron chi connectivity index (χ1n) is 10.4. The molecule has 0 atom stereocenters. The molecule has 3 aromatic carbocycles. The van der Waals surface area contributed by atoms with Gasteiger partial charge in [-0.3, -0.25) is 4.79 Å². The summed E-state index contributed by atoms with van der Waals surface area (Å²) in [7, 11) is 0. The molecule has 0 unspecified atom stereocenters. The fraction of sp³-hybridized carbons (Fsp3) is 0.160. The highest BCUT2D eigenvalue weighted by atomic mass is 19.1. The van der Waals surface area contributed by atoms with Gasteiger partial charge in [-0.25, -0.2) is 4.39 Å². The normalized spacial score (nSPS) is 12.5. The molecule has 7 heteroatoms. The lowest BCUT2D eigenvalue weighted by atomic mass is 9.94. The van der Waals surface area contributed by atoms with Crippen molar-refractivity contribution in [2.45, 2.75) is 25.3 Å². The number of carbonyl (C=O) groups is 1. The minimum Gasteiger partial charge on any atom is -0.457 e. The zero-order valence-electron chi connectivity index (χ0n) is 17.1. The van der Waals surface area contributed by atoms with Gasteiger partial charge in [0.2, 0.25) is 17.6 Å². The molecule has 2 heterocycles. The van der Waals surface area contributed by atoms with Crippen LogP contribution in [0.25, 0.3) is 11.4 Å². The molecule has 0 radical (unpaired) electrons. The number of para-hydroxylation sites is 2. The first-order valence-corrected chi connectivity index (χ1v) is 10.4. The Morgan fingerprint density at radius 3 is 2.28 bits per heavy atom. The zero-order chi connectivity index (χ0) is 21.9. The van der Waals surface area contributed by atoms with E-state index < -0.39 is 0 Å². The highest BCUT2D eigenvalue weighted by Gasteiger charge is 2.27. The number of ether oxygens (including phenoxy) is 1. The number of benzene rings is 3. The van der Waals surface area contributed by atoms with Gasteiger partial charge >= 0.3 is 0 Å². The predicted octanol–water partition coefficient (Wildman–Crippen LogP) is 5.21. The van der Waals surface area contributed by atoms with E-state index in [2.05, 4.69) is 15.5 Å². The summed E-state index contributed by atoms with van der Waals surface area (Å²) < 4.78 is 24.3. The fourth-order valence-electron chi connectivity index (χ4n) is 3.77. The van der Waals surface area contributed by atoms with Gasteiger partial charge in [-0.05, 0) is 42.8 Å². The van der Waals surface area contributed by atoms with Crippen LogP contribution in [0.4, 0.5) is 4.39 Å². The second-order valence-electron chi connectivity index (χ2n) is 7.55. The molecule has 0 saturated heterocycles. The van der Waals surface area contributed by atoms with Crippen LogP contribution in [0.1, 0.15) is 35.9 Å². The summed E-state index contributed by atoms with van der Waals surface area (Å²) in [5.41, 5.74) is 2.54. The summed E-state index contributed by atoms with van der Waals surface area (Å²) in [5.74, 6) is 1.95. The van der Waals surface area contributed by atoms with Gasteiger partial charge in [0.1, 0.15) is 17.3 Å². The largest absolute Gasteiger partial charge is 0.457 e. The maximum atomic E-state index is 13.1. The van der Waals surface area contributed by atoms with E-state index in [-0.39, 0.29) is 17.8 Å². The molecule has 0 spiro atoms. The van der Waals surface area contributed by atoms with Crippen molar-refractivity contribution in [2.75, 3.05) is 0 Å². The Hall–Kier alpha value is -4.00. The van der Waals surface area contributed by atoms with Crippen LogP contribution < -0.4 is 10.1 Å². The van der Waals surface area contributed by atoms with Crippen molar-refractivity contribution in [2.24, 2.45) is 0 Å². The maximum absolute atomic E-state index is 13.1. The Labute approximate surface area is 184 Å². The van der Waals surface area contributed by atoms with Crippen molar-refractivity contribution < 1.29 is 18.4 Å². The van der Waals surface area contributed by atoms with Crippen LogP contribution >= 0.6 is 0 Å². The second-order valence-corrected chi connectivity index (χ2v) is 7.55. The lowest BCUT2D eigenvalue weighted by molar-refractivity contribution is -0.121. The number of aryl methyl sites for hydroxylation is 1. The van der Waals surface area contributed by atoms with Crippen molar-refractivity contribution in [3.63, 3.8) is 0 Å². The SMILES string of the molecule is O=C(CCCc1nc(-c2ccc(F)cc2)no1)NC1c2ccccc2Oc2ccccc21. The zero-order valence-corrected chi connectivity index (χ0v) is 17.1. The molecule has 1 aromatic heterocycles. The number of hydrogen-bond acceptors (Lipinski definition) is 5. The summed E-state index contributed by atoms with van der Waals surface area (Å²) in [6, 6.07) is 21.1. The minimum absolute atomic E-state index is 0.0696. The number of nitrogens with one attached hydrogen (secondary N) is 1. The quantitative estimate of drug-likeness (QED) is 0.455. The fourth-order valence-corrected chi connectivity index (χ4v) is 3.77. The standard InChI is InChI=1S/C25H20FN3O3/c26-17-14-12-16(13-15-17)25-28-23(32-29-25)11-5-10-22(30)27-24-18-6-1-3-8-20(18)31-21-9-4-2-7-19(21)24/h1-4,6-9,12-15,24H,5,10-11H2,(H,27,30). The first-order chi connectivity index (χ1) is 15.7. The van der Waals surface area contributed by atoms with Gasteiger partial charge in [-0.2, -0.15) is 4.98 Å². The number of amides is 1. The molecular formula is C25H20FN3O3. The van der Waals surface area contributed by atoms with Crippen molar-refractivity contribution >= 4 is 5.91 Å². The number of aromatic nitrogens is 2. The van der Waals surface area contributed by atoms with E-state index in [1.807, 2.05) is 48.5 Å². The molecule has 1 N–H and O–H groups in total. The molecule has 1 aliphatic heterocycles. The lowest BCUT2D eigenvalue weighted by Gasteiger charge is -2.28. The number of nitrogens with zero attached hydrogens (tertiary/aromatic N) is 2. The van der Waals surface area contributed by atoms with E-state index in [9.17, 15) is 9.18 Å². The monoisotopic (exact) mass is 429 g/mol. The summed E-state index contributed by atoms with van der Waals surface area (Å²) in [4.78, 5) is 17.1. The Kier molecular flexibility index (Phi) is 5.37. The number of carbonyl (C=O) groups excluding carboxylic acids is 1. The van der Waals surface area contributed by atoms with Crippen LogP contribution in [0, 0.1) is 5.82 Å². The Morgan fingerprint density at radius 2 is 1.59 bits per heavy atom. The molecule has 1 amide bonds. The number of rotatable bonds is 6. The molecule has 4 aromatic rings. The highest BCUT2D eigenvalue weighted by Crippen LogP contribution is 2.42. The average molecular weight is 429 g/mol. The van der Waals surface area contributed by atoms with Crippen molar-refractivity contribution in [3.05, 3.63) is 95.6 Å². The van der Waals surface area contributed by atoms with Crippen molar-refractivity contribution in [1.82, 2.24) is 15.5 Å². The Balaban J connectivity index is 1.22. The highest BCUT2D eigenvalue weighted by molar-refractivity contribution is 5.77.